The number of nitrogens with zero attached hydrogens (tertiary/aromatic N) is 2. The summed E-state index contributed by atoms with van der Waals surface area (Å²) >= 11 is 0. The van der Waals surface area contributed by atoms with Crippen LogP contribution in [-0.4, -0.2) is 10.7 Å². The van der Waals surface area contributed by atoms with Gasteiger partial charge in [0.05, 0.1) is 6.08 Å². The van der Waals surface area contributed by atoms with Gasteiger partial charge in [-0.2, -0.15) is 0 Å². The van der Waals surface area contributed by atoms with Gasteiger partial charge in [-0.1, -0.05) is 82.1 Å². The van der Waals surface area contributed by atoms with Crippen LogP contribution in [0.25, 0.3) is 11.1 Å². The van der Waals surface area contributed by atoms with Crippen LogP contribution < -0.4 is 0 Å². The van der Waals surface area contributed by atoms with Crippen molar-refractivity contribution in [2.75, 3.05) is 0 Å². The molecule has 0 N–H and O–H groups in total. The first-order valence-electron chi connectivity index (χ1n) is 10.1. The van der Waals surface area contributed by atoms with Crippen molar-refractivity contribution >= 4 is 11.4 Å². The highest BCUT2D eigenvalue weighted by atomic mass is 14.8. The van der Waals surface area contributed by atoms with Crippen molar-refractivity contribution in [1.82, 2.24) is 0 Å². The molecule has 2 aromatic rings. The molecular weight excluding hydrogens is 328 g/mol. The maximum absolute atomic E-state index is 8.84. The summed E-state index contributed by atoms with van der Waals surface area (Å²) in [6.07, 6.45) is 8.47. The summed E-state index contributed by atoms with van der Waals surface area (Å²) in [7, 11) is 0. The van der Waals surface area contributed by atoms with Crippen molar-refractivity contribution in [3.8, 4) is 0 Å². The van der Waals surface area contributed by atoms with E-state index in [1.165, 1.54) is 47.1 Å². The number of hydrogen-bond donors (Lipinski definition) is 0. The molecule has 0 spiro atoms. The summed E-state index contributed by atoms with van der Waals surface area (Å²) in [5, 5.41) is 0. The summed E-state index contributed by atoms with van der Waals surface area (Å²) in [6, 6.07) is 17.6. The molecule has 0 radical (unpaired) electrons. The molecule has 0 aliphatic carbocycles. The van der Waals surface area contributed by atoms with Crippen molar-refractivity contribution in [2.45, 2.75) is 59.3 Å². The molecule has 2 heteroatoms. The largest absolute Gasteiger partial charge is 0.348 e. The van der Waals surface area contributed by atoms with E-state index in [2.05, 4.69) is 80.0 Å². The molecule has 0 unspecified atom stereocenters. The van der Waals surface area contributed by atoms with Gasteiger partial charge in [-0.3, -0.25) is 0 Å². The molecule has 0 aromatic heterocycles. The Kier molecular flexibility index (Phi) is 8.52. The highest BCUT2D eigenvalue weighted by Crippen LogP contribution is 2.30. The van der Waals surface area contributed by atoms with Crippen LogP contribution in [0, 0.1) is 0 Å². The van der Waals surface area contributed by atoms with Gasteiger partial charge in [-0.05, 0) is 59.1 Å². The fourth-order valence-corrected chi connectivity index (χ4v) is 3.40. The van der Waals surface area contributed by atoms with E-state index in [0.29, 0.717) is 0 Å². The summed E-state index contributed by atoms with van der Waals surface area (Å²) in [6.45, 7) is 6.54. The smallest absolute Gasteiger partial charge is 0.299 e. The van der Waals surface area contributed by atoms with E-state index in [9.17, 15) is 0 Å². The third-order valence-electron chi connectivity index (χ3n) is 4.91. The standard InChI is InChI=1S/C25H30N2/c1-4-7-8-11-21-13-10-15-24(19-21)25(22(6-3)16-17-27-26)23-14-9-12-20(5-2)18-23/h9-10,12-16,18-19H,4-8,11H2,1-3H3. The summed E-state index contributed by atoms with van der Waals surface area (Å²) in [5.41, 5.74) is 16.3. The Morgan fingerprint density at radius 1 is 0.963 bits per heavy atom. The minimum absolute atomic E-state index is 0.842. The Bertz CT molecular complexity index is 863. The molecule has 140 valence electrons. The zero-order chi connectivity index (χ0) is 19.5. The van der Waals surface area contributed by atoms with Gasteiger partial charge in [0.1, 0.15) is 0 Å². The van der Waals surface area contributed by atoms with Crippen LogP contribution in [0.15, 0.2) is 60.2 Å². The maximum atomic E-state index is 8.84. The molecule has 2 aromatic carbocycles. The van der Waals surface area contributed by atoms with Gasteiger partial charge in [-0.25, -0.2) is 0 Å². The first-order chi connectivity index (χ1) is 13.2. The number of unbranched alkanes of at least 4 members (excludes halogenated alkanes) is 2. The van der Waals surface area contributed by atoms with E-state index in [4.69, 9.17) is 5.53 Å². The zero-order valence-corrected chi connectivity index (χ0v) is 16.8. The van der Waals surface area contributed by atoms with Gasteiger partial charge in [0.15, 0.2) is 0 Å². The highest BCUT2D eigenvalue weighted by molar-refractivity contribution is 5.85. The third kappa shape index (κ3) is 5.93. The lowest BCUT2D eigenvalue weighted by Gasteiger charge is -2.15. The number of aryl methyl sites for hydroxylation is 2. The molecule has 0 atom stereocenters. The zero-order valence-electron chi connectivity index (χ0n) is 16.8. The molecule has 0 saturated heterocycles. The topological polar surface area (TPSA) is 36.4 Å². The first-order valence-corrected chi connectivity index (χ1v) is 10.1. The lowest BCUT2D eigenvalue weighted by Crippen LogP contribution is -1.96. The van der Waals surface area contributed by atoms with Gasteiger partial charge in [0, 0.05) is 0 Å². The normalized spacial score (nSPS) is 11.4. The molecule has 0 heterocycles. The summed E-state index contributed by atoms with van der Waals surface area (Å²) in [5.74, 6) is 2.60. The quantitative estimate of drug-likeness (QED) is 0.158. The number of benzene rings is 2. The van der Waals surface area contributed by atoms with Crippen molar-refractivity contribution in [1.29, 1.82) is 0 Å². The SMILES string of the molecule is CCCCCc1cccc(C(=C(C=C=[N+]=[N-])CC)c2cccc(CC)c2)c1. The van der Waals surface area contributed by atoms with E-state index in [-0.39, 0.29) is 0 Å². The van der Waals surface area contributed by atoms with E-state index in [1.54, 1.807) is 6.08 Å². The minimum Gasteiger partial charge on any atom is -0.348 e. The van der Waals surface area contributed by atoms with Crippen LogP contribution in [0.4, 0.5) is 0 Å². The Morgan fingerprint density at radius 3 is 2.22 bits per heavy atom. The monoisotopic (exact) mass is 358 g/mol. The number of hydrogen-bond acceptors (Lipinski definition) is 0. The highest BCUT2D eigenvalue weighted by Gasteiger charge is 2.11. The number of rotatable bonds is 9. The molecule has 0 saturated carbocycles. The van der Waals surface area contributed by atoms with Crippen molar-refractivity contribution in [2.24, 2.45) is 0 Å². The Morgan fingerprint density at radius 2 is 1.63 bits per heavy atom. The third-order valence-corrected chi connectivity index (χ3v) is 4.91. The van der Waals surface area contributed by atoms with Crippen molar-refractivity contribution in [3.63, 3.8) is 0 Å². The van der Waals surface area contributed by atoms with Gasteiger partial charge in [0.2, 0.25) is 0 Å². The molecule has 2 nitrogen and oxygen atoms in total. The van der Waals surface area contributed by atoms with Gasteiger partial charge in [0.25, 0.3) is 5.87 Å². The van der Waals surface area contributed by atoms with Crippen molar-refractivity contribution in [3.05, 3.63) is 88.0 Å². The van der Waals surface area contributed by atoms with Crippen LogP contribution in [0.5, 0.6) is 0 Å². The second-order valence-corrected chi connectivity index (χ2v) is 6.84. The average Bonchev–Trinajstić information content (AvgIpc) is 2.71. The van der Waals surface area contributed by atoms with Crippen LogP contribution in [-0.2, 0) is 12.8 Å². The second kappa shape index (κ2) is 11.1. The number of allylic oxidation sites excluding steroid dienone is 2. The maximum Gasteiger partial charge on any atom is 0.299 e. The van der Waals surface area contributed by atoms with Crippen LogP contribution >= 0.6 is 0 Å². The Labute approximate surface area is 163 Å². The molecule has 0 fully saturated rings. The van der Waals surface area contributed by atoms with Gasteiger partial charge >= 0.3 is 0 Å². The molecular formula is C25H30N2. The summed E-state index contributed by atoms with van der Waals surface area (Å²) < 4.78 is 0. The fourth-order valence-electron chi connectivity index (χ4n) is 3.40. The van der Waals surface area contributed by atoms with E-state index >= 15 is 0 Å². The second-order valence-electron chi connectivity index (χ2n) is 6.84. The van der Waals surface area contributed by atoms with E-state index in [1.807, 2.05) is 0 Å². The molecule has 0 amide bonds. The van der Waals surface area contributed by atoms with Gasteiger partial charge < -0.3 is 5.53 Å². The first kappa shape index (κ1) is 20.6. The molecule has 2 rings (SSSR count). The predicted molar refractivity (Wildman–Crippen MR) is 115 cm³/mol. The molecule has 27 heavy (non-hydrogen) atoms. The van der Waals surface area contributed by atoms with Crippen molar-refractivity contribution < 1.29 is 4.79 Å². The van der Waals surface area contributed by atoms with Crippen LogP contribution in [0.1, 0.15) is 68.7 Å². The summed E-state index contributed by atoms with van der Waals surface area (Å²) in [4.78, 5) is 3.05. The van der Waals surface area contributed by atoms with Crippen LogP contribution in [0.3, 0.4) is 0 Å². The van der Waals surface area contributed by atoms with E-state index < -0.39 is 0 Å². The fraction of sp³-hybridized carbons (Fsp3) is 0.360. The molecule has 0 bridgehead atoms. The average molecular weight is 359 g/mol. The Balaban J connectivity index is 2.59. The minimum atomic E-state index is 0.842. The van der Waals surface area contributed by atoms with Crippen LogP contribution in [0.2, 0.25) is 0 Å². The lowest BCUT2D eigenvalue weighted by molar-refractivity contribution is 0.00800. The molecule has 0 aliphatic heterocycles. The van der Waals surface area contributed by atoms with Gasteiger partial charge in [-0.15, -0.1) is 4.79 Å². The molecule has 0 aliphatic rings. The predicted octanol–water partition coefficient (Wildman–Crippen LogP) is 6.65. The Hall–Kier alpha value is -2.66. The lowest BCUT2D eigenvalue weighted by atomic mass is 9.89. The van der Waals surface area contributed by atoms with E-state index in [0.717, 1.165) is 24.8 Å².